The van der Waals surface area contributed by atoms with Crippen molar-refractivity contribution in [3.63, 3.8) is 0 Å². The summed E-state index contributed by atoms with van der Waals surface area (Å²) >= 11 is 7.22. The molecule has 3 aromatic rings. The summed E-state index contributed by atoms with van der Waals surface area (Å²) < 4.78 is 13.1. The maximum atomic E-state index is 12.5. The standard InChI is InChI=1S/C22H22ClN3O3S/c1-4-13-26-21(15(2)29-19-11-9-18(28-3)10-12-19)24-25-22(26)30-14-20(27)16-5-7-17(23)8-6-16/h4-12,15H,1,13-14H2,2-3H3. The zero-order chi connectivity index (χ0) is 21.5. The summed E-state index contributed by atoms with van der Waals surface area (Å²) in [7, 11) is 1.62. The molecule has 1 heterocycles. The Morgan fingerprint density at radius 3 is 2.47 bits per heavy atom. The van der Waals surface area contributed by atoms with Crippen molar-refractivity contribution < 1.29 is 14.3 Å². The van der Waals surface area contributed by atoms with Crippen molar-refractivity contribution in [1.29, 1.82) is 0 Å². The second kappa shape index (κ2) is 10.3. The van der Waals surface area contributed by atoms with E-state index in [4.69, 9.17) is 21.1 Å². The number of carbonyl (C=O) groups is 1. The molecule has 6 nitrogen and oxygen atoms in total. The number of aromatic nitrogens is 3. The Morgan fingerprint density at radius 2 is 1.83 bits per heavy atom. The Labute approximate surface area is 184 Å². The minimum atomic E-state index is -0.341. The number of hydrogen-bond donors (Lipinski definition) is 0. The molecule has 1 unspecified atom stereocenters. The summed E-state index contributed by atoms with van der Waals surface area (Å²) in [6.07, 6.45) is 1.42. The second-order valence-electron chi connectivity index (χ2n) is 6.39. The molecular formula is C22H22ClN3O3S. The van der Waals surface area contributed by atoms with Gasteiger partial charge in [0.1, 0.15) is 11.5 Å². The van der Waals surface area contributed by atoms with Gasteiger partial charge in [0.25, 0.3) is 0 Å². The average Bonchev–Trinajstić information content (AvgIpc) is 3.16. The number of nitrogens with zero attached hydrogens (tertiary/aromatic N) is 3. The van der Waals surface area contributed by atoms with E-state index in [2.05, 4.69) is 16.8 Å². The van der Waals surface area contributed by atoms with Crippen LogP contribution in [-0.2, 0) is 6.54 Å². The molecule has 0 saturated carbocycles. The SMILES string of the molecule is C=CCn1c(SCC(=O)c2ccc(Cl)cc2)nnc1C(C)Oc1ccc(OC)cc1. The molecule has 1 aromatic heterocycles. The van der Waals surface area contributed by atoms with Crippen molar-refractivity contribution in [2.24, 2.45) is 0 Å². The molecule has 0 saturated heterocycles. The summed E-state index contributed by atoms with van der Waals surface area (Å²) in [5.41, 5.74) is 0.609. The van der Waals surface area contributed by atoms with E-state index in [0.29, 0.717) is 33.9 Å². The van der Waals surface area contributed by atoms with Crippen molar-refractivity contribution in [1.82, 2.24) is 14.8 Å². The molecule has 8 heteroatoms. The van der Waals surface area contributed by atoms with Gasteiger partial charge in [-0.3, -0.25) is 9.36 Å². The van der Waals surface area contributed by atoms with Gasteiger partial charge in [-0.1, -0.05) is 29.4 Å². The number of carbonyl (C=O) groups excluding carboxylic acids is 1. The van der Waals surface area contributed by atoms with Gasteiger partial charge in [0.05, 0.1) is 12.9 Å². The van der Waals surface area contributed by atoms with Crippen LogP contribution in [0.5, 0.6) is 11.5 Å². The van der Waals surface area contributed by atoms with E-state index < -0.39 is 0 Å². The monoisotopic (exact) mass is 443 g/mol. The predicted molar refractivity (Wildman–Crippen MR) is 119 cm³/mol. The Hall–Kier alpha value is -2.77. The topological polar surface area (TPSA) is 66.2 Å². The number of thioether (sulfide) groups is 1. The Kier molecular flexibility index (Phi) is 7.54. The Morgan fingerprint density at radius 1 is 1.17 bits per heavy atom. The molecule has 0 radical (unpaired) electrons. The first kappa shape index (κ1) is 21.9. The highest BCUT2D eigenvalue weighted by Crippen LogP contribution is 2.26. The lowest BCUT2D eigenvalue weighted by Crippen LogP contribution is -2.12. The van der Waals surface area contributed by atoms with Crippen molar-refractivity contribution in [2.45, 2.75) is 24.7 Å². The van der Waals surface area contributed by atoms with Gasteiger partial charge >= 0.3 is 0 Å². The van der Waals surface area contributed by atoms with Crippen molar-refractivity contribution in [2.75, 3.05) is 12.9 Å². The molecule has 0 N–H and O–H groups in total. The molecular weight excluding hydrogens is 422 g/mol. The fraction of sp³-hybridized carbons (Fsp3) is 0.227. The number of Topliss-reactive ketones (excluding diaryl/α,β-unsaturated/α-hetero) is 1. The quantitative estimate of drug-likeness (QED) is 0.242. The number of halogens is 1. The average molecular weight is 444 g/mol. The van der Waals surface area contributed by atoms with Crippen LogP contribution in [0.15, 0.2) is 66.3 Å². The minimum Gasteiger partial charge on any atom is -0.497 e. The van der Waals surface area contributed by atoms with Crippen LogP contribution in [0.4, 0.5) is 0 Å². The molecule has 1 atom stereocenters. The maximum absolute atomic E-state index is 12.5. The van der Waals surface area contributed by atoms with Crippen molar-refractivity contribution in [3.8, 4) is 11.5 Å². The van der Waals surface area contributed by atoms with Crippen LogP contribution in [0.1, 0.15) is 29.2 Å². The number of rotatable bonds is 10. The third-order valence-corrected chi connectivity index (χ3v) is 5.51. The van der Waals surface area contributed by atoms with Crippen LogP contribution in [0, 0.1) is 0 Å². The molecule has 0 aliphatic heterocycles. The fourth-order valence-electron chi connectivity index (χ4n) is 2.77. The number of allylic oxidation sites excluding steroid dienone is 1. The fourth-order valence-corrected chi connectivity index (χ4v) is 3.74. The summed E-state index contributed by atoms with van der Waals surface area (Å²) in [5.74, 6) is 2.35. The van der Waals surface area contributed by atoms with Gasteiger partial charge in [-0.2, -0.15) is 0 Å². The molecule has 0 aliphatic carbocycles. The Balaban J connectivity index is 1.70. The van der Waals surface area contributed by atoms with Gasteiger partial charge in [0.15, 0.2) is 22.9 Å². The first-order chi connectivity index (χ1) is 14.5. The first-order valence-corrected chi connectivity index (χ1v) is 10.6. The van der Waals surface area contributed by atoms with Crippen LogP contribution in [0.2, 0.25) is 5.02 Å². The van der Waals surface area contributed by atoms with E-state index in [1.807, 2.05) is 35.8 Å². The van der Waals surface area contributed by atoms with E-state index >= 15 is 0 Å². The van der Waals surface area contributed by atoms with Gasteiger partial charge in [0.2, 0.25) is 0 Å². The molecule has 0 fully saturated rings. The molecule has 0 aliphatic rings. The highest BCUT2D eigenvalue weighted by atomic mass is 35.5. The van der Waals surface area contributed by atoms with E-state index in [-0.39, 0.29) is 17.6 Å². The van der Waals surface area contributed by atoms with Crippen LogP contribution in [0.25, 0.3) is 0 Å². The highest BCUT2D eigenvalue weighted by Gasteiger charge is 2.20. The van der Waals surface area contributed by atoms with Crippen molar-refractivity contribution >= 4 is 29.1 Å². The zero-order valence-corrected chi connectivity index (χ0v) is 18.3. The number of ether oxygens (including phenoxy) is 2. The molecule has 30 heavy (non-hydrogen) atoms. The molecule has 2 aromatic carbocycles. The zero-order valence-electron chi connectivity index (χ0n) is 16.7. The van der Waals surface area contributed by atoms with E-state index in [9.17, 15) is 4.79 Å². The Bertz CT molecular complexity index is 1000. The van der Waals surface area contributed by atoms with Gasteiger partial charge in [-0.15, -0.1) is 16.8 Å². The highest BCUT2D eigenvalue weighted by molar-refractivity contribution is 7.99. The normalized spacial score (nSPS) is 11.7. The van der Waals surface area contributed by atoms with E-state index in [1.54, 1.807) is 37.5 Å². The van der Waals surface area contributed by atoms with Crippen LogP contribution in [-0.4, -0.2) is 33.4 Å². The lowest BCUT2D eigenvalue weighted by molar-refractivity contribution is 0.102. The number of ketones is 1. The van der Waals surface area contributed by atoms with Crippen LogP contribution < -0.4 is 9.47 Å². The summed E-state index contributed by atoms with van der Waals surface area (Å²) in [6.45, 7) is 6.23. The lowest BCUT2D eigenvalue weighted by atomic mass is 10.1. The van der Waals surface area contributed by atoms with Gasteiger partial charge in [0, 0.05) is 17.1 Å². The number of methoxy groups -OCH3 is 1. The van der Waals surface area contributed by atoms with Gasteiger partial charge in [-0.25, -0.2) is 0 Å². The number of benzene rings is 2. The molecule has 0 amide bonds. The summed E-state index contributed by atoms with van der Waals surface area (Å²) in [5, 5.41) is 9.79. The molecule has 0 spiro atoms. The third kappa shape index (κ3) is 5.43. The predicted octanol–water partition coefficient (Wildman–Crippen LogP) is 5.24. The largest absolute Gasteiger partial charge is 0.497 e. The molecule has 3 rings (SSSR count). The summed E-state index contributed by atoms with van der Waals surface area (Å²) in [6, 6.07) is 14.2. The van der Waals surface area contributed by atoms with Gasteiger partial charge < -0.3 is 9.47 Å². The van der Waals surface area contributed by atoms with Crippen LogP contribution in [0.3, 0.4) is 0 Å². The first-order valence-electron chi connectivity index (χ1n) is 9.28. The summed E-state index contributed by atoms with van der Waals surface area (Å²) in [4.78, 5) is 12.5. The minimum absolute atomic E-state index is 0.00565. The van der Waals surface area contributed by atoms with Crippen LogP contribution >= 0.6 is 23.4 Å². The third-order valence-electron chi connectivity index (χ3n) is 4.29. The second-order valence-corrected chi connectivity index (χ2v) is 7.77. The van der Waals surface area contributed by atoms with E-state index in [0.717, 1.165) is 5.75 Å². The molecule has 156 valence electrons. The van der Waals surface area contributed by atoms with E-state index in [1.165, 1.54) is 11.8 Å². The smallest absolute Gasteiger partial charge is 0.192 e. The maximum Gasteiger partial charge on any atom is 0.192 e. The van der Waals surface area contributed by atoms with Gasteiger partial charge in [-0.05, 0) is 55.5 Å². The number of hydrogen-bond acceptors (Lipinski definition) is 6. The molecule has 0 bridgehead atoms. The lowest BCUT2D eigenvalue weighted by Gasteiger charge is -2.16. The van der Waals surface area contributed by atoms with Crippen molar-refractivity contribution in [3.05, 3.63) is 77.6 Å².